The van der Waals surface area contributed by atoms with Gasteiger partial charge >= 0.3 is 0 Å². The summed E-state index contributed by atoms with van der Waals surface area (Å²) in [7, 11) is 1.54. The van der Waals surface area contributed by atoms with Crippen LogP contribution in [0.3, 0.4) is 0 Å². The standard InChI is InChI=1S/C16H23NO3/c1-16(2)8-6-11(7-9-16)15(19)17-13-5-4-12(20-3)10-14(13)18/h4-5,10-11,18H,6-9H2,1-3H3,(H,17,19). The molecule has 4 heteroatoms. The van der Waals surface area contributed by atoms with Gasteiger partial charge in [0.1, 0.15) is 11.5 Å². The lowest BCUT2D eigenvalue weighted by molar-refractivity contribution is -0.121. The first-order chi connectivity index (χ1) is 9.41. The molecule has 0 unspecified atom stereocenters. The number of benzene rings is 1. The van der Waals surface area contributed by atoms with Gasteiger partial charge in [-0.3, -0.25) is 4.79 Å². The van der Waals surface area contributed by atoms with Crippen LogP contribution >= 0.6 is 0 Å². The lowest BCUT2D eigenvalue weighted by Crippen LogP contribution is -2.30. The molecule has 0 aromatic heterocycles. The van der Waals surface area contributed by atoms with Crippen LogP contribution in [0.2, 0.25) is 0 Å². The molecule has 0 heterocycles. The highest BCUT2D eigenvalue weighted by atomic mass is 16.5. The Bertz CT molecular complexity index is 486. The van der Waals surface area contributed by atoms with E-state index < -0.39 is 0 Å². The molecule has 1 saturated carbocycles. The number of ether oxygens (including phenoxy) is 1. The zero-order valence-corrected chi connectivity index (χ0v) is 12.4. The maximum atomic E-state index is 12.2. The molecule has 0 spiro atoms. The third-order valence-corrected chi connectivity index (χ3v) is 4.17. The molecule has 0 bridgehead atoms. The molecule has 1 aliphatic rings. The van der Waals surface area contributed by atoms with Gasteiger partial charge < -0.3 is 15.2 Å². The number of hydrogen-bond donors (Lipinski definition) is 2. The summed E-state index contributed by atoms with van der Waals surface area (Å²) in [6, 6.07) is 4.89. The van der Waals surface area contributed by atoms with Crippen molar-refractivity contribution < 1.29 is 14.6 Å². The van der Waals surface area contributed by atoms with Gasteiger partial charge in [-0.25, -0.2) is 0 Å². The van der Waals surface area contributed by atoms with Crippen molar-refractivity contribution in [1.29, 1.82) is 0 Å². The molecule has 0 radical (unpaired) electrons. The first kappa shape index (κ1) is 14.7. The number of carbonyl (C=O) groups is 1. The molecule has 110 valence electrons. The van der Waals surface area contributed by atoms with Crippen molar-refractivity contribution in [3.05, 3.63) is 18.2 Å². The second-order valence-electron chi connectivity index (χ2n) is 6.31. The van der Waals surface area contributed by atoms with Gasteiger partial charge in [-0.15, -0.1) is 0 Å². The van der Waals surface area contributed by atoms with Gasteiger partial charge in [0.2, 0.25) is 5.91 Å². The highest BCUT2D eigenvalue weighted by Gasteiger charge is 2.30. The molecule has 1 aliphatic carbocycles. The summed E-state index contributed by atoms with van der Waals surface area (Å²) >= 11 is 0. The number of methoxy groups -OCH3 is 1. The summed E-state index contributed by atoms with van der Waals surface area (Å²) in [5.74, 6) is 0.652. The molecule has 4 nitrogen and oxygen atoms in total. The van der Waals surface area contributed by atoms with E-state index >= 15 is 0 Å². The van der Waals surface area contributed by atoms with Crippen LogP contribution in [0.15, 0.2) is 18.2 Å². The topological polar surface area (TPSA) is 58.6 Å². The van der Waals surface area contributed by atoms with E-state index in [2.05, 4.69) is 19.2 Å². The number of rotatable bonds is 3. The maximum absolute atomic E-state index is 12.2. The molecule has 1 aromatic rings. The lowest BCUT2D eigenvalue weighted by atomic mass is 9.73. The van der Waals surface area contributed by atoms with E-state index in [1.54, 1.807) is 12.1 Å². The Morgan fingerprint density at radius 1 is 1.35 bits per heavy atom. The van der Waals surface area contributed by atoms with E-state index in [1.165, 1.54) is 13.2 Å². The van der Waals surface area contributed by atoms with Gasteiger partial charge in [-0.05, 0) is 43.2 Å². The number of amides is 1. The van der Waals surface area contributed by atoms with Crippen LogP contribution in [0.5, 0.6) is 11.5 Å². The van der Waals surface area contributed by atoms with Crippen LogP contribution in [0.4, 0.5) is 5.69 Å². The molecule has 1 fully saturated rings. The minimum absolute atomic E-state index is 0.000895. The lowest BCUT2D eigenvalue weighted by Gasteiger charge is -2.33. The summed E-state index contributed by atoms with van der Waals surface area (Å²) in [6.45, 7) is 4.49. The Balaban J connectivity index is 1.98. The molecule has 0 aliphatic heterocycles. The maximum Gasteiger partial charge on any atom is 0.227 e. The number of anilines is 1. The summed E-state index contributed by atoms with van der Waals surface area (Å²) < 4.78 is 5.02. The molecular weight excluding hydrogens is 254 g/mol. The fraction of sp³-hybridized carbons (Fsp3) is 0.562. The molecule has 0 atom stereocenters. The van der Waals surface area contributed by atoms with Crippen LogP contribution in [-0.4, -0.2) is 18.1 Å². The molecule has 1 amide bonds. The summed E-state index contributed by atoms with van der Waals surface area (Å²) in [5, 5.41) is 12.7. The second-order valence-corrected chi connectivity index (χ2v) is 6.31. The Kier molecular flexibility index (Phi) is 4.21. The van der Waals surface area contributed by atoms with E-state index in [0.29, 0.717) is 16.9 Å². The fourth-order valence-electron chi connectivity index (χ4n) is 2.64. The van der Waals surface area contributed by atoms with Crippen molar-refractivity contribution in [2.45, 2.75) is 39.5 Å². The quantitative estimate of drug-likeness (QED) is 0.831. The Labute approximate surface area is 120 Å². The normalized spacial score (nSPS) is 18.6. The largest absolute Gasteiger partial charge is 0.506 e. The van der Waals surface area contributed by atoms with Gasteiger partial charge in [-0.2, -0.15) is 0 Å². The predicted octanol–water partition coefficient (Wildman–Crippen LogP) is 3.56. The van der Waals surface area contributed by atoms with Gasteiger partial charge in [0.05, 0.1) is 12.8 Å². The molecule has 2 N–H and O–H groups in total. The molecule has 2 rings (SSSR count). The predicted molar refractivity (Wildman–Crippen MR) is 79.0 cm³/mol. The number of aromatic hydroxyl groups is 1. The van der Waals surface area contributed by atoms with Gasteiger partial charge in [-0.1, -0.05) is 13.8 Å². The SMILES string of the molecule is COc1ccc(NC(=O)C2CCC(C)(C)CC2)c(O)c1. The number of phenols is 1. The first-order valence-corrected chi connectivity index (χ1v) is 7.09. The van der Waals surface area contributed by atoms with Crippen LogP contribution in [0, 0.1) is 11.3 Å². The molecule has 0 saturated heterocycles. The smallest absolute Gasteiger partial charge is 0.227 e. The average Bonchev–Trinajstić information content (AvgIpc) is 2.40. The van der Waals surface area contributed by atoms with E-state index in [1.807, 2.05) is 0 Å². The minimum atomic E-state index is 0.000895. The zero-order valence-electron chi connectivity index (χ0n) is 12.4. The average molecular weight is 277 g/mol. The highest BCUT2D eigenvalue weighted by molar-refractivity contribution is 5.94. The highest BCUT2D eigenvalue weighted by Crippen LogP contribution is 2.38. The fourth-order valence-corrected chi connectivity index (χ4v) is 2.64. The first-order valence-electron chi connectivity index (χ1n) is 7.09. The van der Waals surface area contributed by atoms with Crippen LogP contribution in [0.25, 0.3) is 0 Å². The van der Waals surface area contributed by atoms with Crippen molar-refractivity contribution in [2.24, 2.45) is 11.3 Å². The van der Waals surface area contributed by atoms with E-state index in [0.717, 1.165) is 25.7 Å². The Morgan fingerprint density at radius 3 is 2.55 bits per heavy atom. The summed E-state index contributed by atoms with van der Waals surface area (Å²) in [4.78, 5) is 12.2. The van der Waals surface area contributed by atoms with Gasteiger partial charge in [0, 0.05) is 12.0 Å². The van der Waals surface area contributed by atoms with E-state index in [4.69, 9.17) is 4.74 Å². The van der Waals surface area contributed by atoms with E-state index in [9.17, 15) is 9.90 Å². The van der Waals surface area contributed by atoms with Crippen molar-refractivity contribution in [3.8, 4) is 11.5 Å². The third-order valence-electron chi connectivity index (χ3n) is 4.17. The van der Waals surface area contributed by atoms with Crippen LogP contribution in [0.1, 0.15) is 39.5 Å². The number of nitrogens with one attached hydrogen (secondary N) is 1. The summed E-state index contributed by atoms with van der Waals surface area (Å²) in [6.07, 6.45) is 3.96. The number of carbonyl (C=O) groups excluding carboxylic acids is 1. The summed E-state index contributed by atoms with van der Waals surface area (Å²) in [5.41, 5.74) is 0.791. The van der Waals surface area contributed by atoms with Crippen molar-refractivity contribution in [3.63, 3.8) is 0 Å². The number of hydrogen-bond acceptors (Lipinski definition) is 3. The molecule has 1 aromatic carbocycles. The van der Waals surface area contributed by atoms with Crippen LogP contribution < -0.4 is 10.1 Å². The monoisotopic (exact) mass is 277 g/mol. The van der Waals surface area contributed by atoms with Crippen molar-refractivity contribution in [2.75, 3.05) is 12.4 Å². The molecular formula is C16H23NO3. The Hall–Kier alpha value is -1.71. The third kappa shape index (κ3) is 3.44. The molecule has 20 heavy (non-hydrogen) atoms. The van der Waals surface area contributed by atoms with E-state index in [-0.39, 0.29) is 17.6 Å². The Morgan fingerprint density at radius 2 is 2.00 bits per heavy atom. The number of phenolic OH excluding ortho intramolecular Hbond substituents is 1. The van der Waals surface area contributed by atoms with Gasteiger partial charge in [0.25, 0.3) is 0 Å². The van der Waals surface area contributed by atoms with Crippen LogP contribution in [-0.2, 0) is 4.79 Å². The zero-order chi connectivity index (χ0) is 14.8. The second kappa shape index (κ2) is 5.73. The minimum Gasteiger partial charge on any atom is -0.506 e. The van der Waals surface area contributed by atoms with Gasteiger partial charge in [0.15, 0.2) is 0 Å². The van der Waals surface area contributed by atoms with Crippen molar-refractivity contribution in [1.82, 2.24) is 0 Å². The van der Waals surface area contributed by atoms with Crippen molar-refractivity contribution >= 4 is 11.6 Å².